The highest BCUT2D eigenvalue weighted by molar-refractivity contribution is 6.32. The monoisotopic (exact) mass is 308 g/mol. The maximum absolute atomic E-state index is 12.4. The summed E-state index contributed by atoms with van der Waals surface area (Å²) in [7, 11) is 0. The zero-order chi connectivity index (χ0) is 14.8. The molecule has 1 saturated heterocycles. The topological polar surface area (TPSA) is 50.4 Å². The smallest absolute Gasteiger partial charge is 0.241 e. The summed E-state index contributed by atoms with van der Waals surface area (Å²) in [6.07, 6.45) is 3.64. The zero-order valence-corrected chi connectivity index (χ0v) is 13.0. The van der Waals surface area contributed by atoms with Crippen molar-refractivity contribution in [2.45, 2.75) is 32.2 Å². The van der Waals surface area contributed by atoms with E-state index in [0.29, 0.717) is 29.2 Å². The average molecular weight is 309 g/mol. The average Bonchev–Trinajstić information content (AvgIpc) is 3.04. The molecule has 1 amide bonds. The Bertz CT molecular complexity index is 535. The molecule has 1 aliphatic carbocycles. The fraction of sp³-hybridized carbons (Fsp3) is 0.562. The molecular weight excluding hydrogens is 288 g/mol. The number of hydrogen-bond acceptors (Lipinski definition) is 3. The highest BCUT2D eigenvalue weighted by Crippen LogP contribution is 2.38. The minimum atomic E-state index is -0.0668. The molecule has 21 heavy (non-hydrogen) atoms. The first kappa shape index (κ1) is 14.7. The summed E-state index contributed by atoms with van der Waals surface area (Å²) in [5.74, 6) is 1.85. The van der Waals surface area contributed by atoms with Crippen LogP contribution < -0.4 is 15.4 Å². The van der Waals surface area contributed by atoms with Gasteiger partial charge in [0.1, 0.15) is 5.75 Å². The van der Waals surface area contributed by atoms with E-state index in [2.05, 4.69) is 10.6 Å². The fourth-order valence-electron chi connectivity index (χ4n) is 3.55. The third kappa shape index (κ3) is 3.01. The molecule has 0 aromatic heterocycles. The lowest BCUT2D eigenvalue weighted by atomic mass is 9.93. The number of benzene rings is 1. The first-order chi connectivity index (χ1) is 10.2. The Morgan fingerprint density at radius 2 is 2.33 bits per heavy atom. The van der Waals surface area contributed by atoms with Gasteiger partial charge in [-0.3, -0.25) is 4.79 Å². The molecule has 3 rings (SSSR count). The number of carbonyl (C=O) groups is 1. The summed E-state index contributed by atoms with van der Waals surface area (Å²) in [5.41, 5.74) is 0.719. The molecule has 1 aliphatic heterocycles. The second kappa shape index (κ2) is 6.24. The number of anilines is 1. The van der Waals surface area contributed by atoms with Crippen LogP contribution in [-0.4, -0.2) is 25.1 Å². The molecule has 2 aliphatic rings. The van der Waals surface area contributed by atoms with Gasteiger partial charge in [-0.05, 0) is 56.3 Å². The molecule has 1 saturated carbocycles. The Labute approximate surface area is 130 Å². The first-order valence-electron chi connectivity index (χ1n) is 7.65. The quantitative estimate of drug-likeness (QED) is 0.899. The number of fused-ring (bicyclic) bond motifs is 1. The van der Waals surface area contributed by atoms with Crippen molar-refractivity contribution in [2.24, 2.45) is 11.8 Å². The summed E-state index contributed by atoms with van der Waals surface area (Å²) < 4.78 is 5.40. The molecule has 3 atom stereocenters. The van der Waals surface area contributed by atoms with E-state index in [0.717, 1.165) is 18.7 Å². The van der Waals surface area contributed by atoms with Gasteiger partial charge in [0, 0.05) is 5.69 Å². The molecule has 2 fully saturated rings. The van der Waals surface area contributed by atoms with Crippen LogP contribution in [0.25, 0.3) is 0 Å². The number of halogens is 1. The van der Waals surface area contributed by atoms with E-state index in [1.54, 1.807) is 12.1 Å². The van der Waals surface area contributed by atoms with Gasteiger partial charge in [0.2, 0.25) is 5.91 Å². The number of ether oxygens (including phenoxy) is 1. The van der Waals surface area contributed by atoms with Gasteiger partial charge in [-0.2, -0.15) is 0 Å². The minimum Gasteiger partial charge on any atom is -0.492 e. The van der Waals surface area contributed by atoms with E-state index in [9.17, 15) is 4.79 Å². The third-order valence-electron chi connectivity index (χ3n) is 4.53. The van der Waals surface area contributed by atoms with Crippen molar-refractivity contribution in [3.05, 3.63) is 23.2 Å². The molecule has 0 spiro atoms. The molecular formula is C16H21ClN2O2. The Morgan fingerprint density at radius 3 is 3.10 bits per heavy atom. The van der Waals surface area contributed by atoms with E-state index < -0.39 is 0 Å². The highest BCUT2D eigenvalue weighted by Gasteiger charge is 2.42. The van der Waals surface area contributed by atoms with Gasteiger partial charge >= 0.3 is 0 Å². The van der Waals surface area contributed by atoms with Crippen molar-refractivity contribution in [1.82, 2.24) is 5.32 Å². The predicted octanol–water partition coefficient (Wildman–Crippen LogP) is 3.07. The molecule has 3 unspecified atom stereocenters. The molecule has 4 nitrogen and oxygen atoms in total. The van der Waals surface area contributed by atoms with Crippen LogP contribution in [0.2, 0.25) is 5.02 Å². The van der Waals surface area contributed by atoms with Gasteiger partial charge in [-0.25, -0.2) is 0 Å². The SMILES string of the molecule is CCOc1ccc(NC(=O)C2NCC3CCCC32)cc1Cl. The van der Waals surface area contributed by atoms with Gasteiger partial charge in [-0.15, -0.1) is 0 Å². The van der Waals surface area contributed by atoms with Crippen LogP contribution in [0.15, 0.2) is 18.2 Å². The van der Waals surface area contributed by atoms with Gasteiger partial charge in [0.05, 0.1) is 17.7 Å². The lowest BCUT2D eigenvalue weighted by molar-refractivity contribution is -0.118. The highest BCUT2D eigenvalue weighted by atomic mass is 35.5. The molecule has 114 valence electrons. The first-order valence-corrected chi connectivity index (χ1v) is 8.03. The molecule has 2 N–H and O–H groups in total. The van der Waals surface area contributed by atoms with Gasteiger partial charge < -0.3 is 15.4 Å². The van der Waals surface area contributed by atoms with Crippen LogP contribution in [0.3, 0.4) is 0 Å². The standard InChI is InChI=1S/C16H21ClN2O2/c1-2-21-14-7-6-11(8-13(14)17)19-16(20)15-12-5-3-4-10(12)9-18-15/h6-8,10,12,15,18H,2-5,9H2,1H3,(H,19,20). The van der Waals surface area contributed by atoms with Crippen LogP contribution in [0.1, 0.15) is 26.2 Å². The van der Waals surface area contributed by atoms with Crippen LogP contribution in [0.5, 0.6) is 5.75 Å². The summed E-state index contributed by atoms with van der Waals surface area (Å²) in [5, 5.41) is 6.84. The van der Waals surface area contributed by atoms with Gasteiger partial charge in [0.15, 0.2) is 0 Å². The molecule has 1 aromatic carbocycles. The summed E-state index contributed by atoms with van der Waals surface area (Å²) in [4.78, 5) is 12.4. The molecule has 5 heteroatoms. The van der Waals surface area contributed by atoms with E-state index >= 15 is 0 Å². The van der Waals surface area contributed by atoms with Crippen LogP contribution in [-0.2, 0) is 4.79 Å². The van der Waals surface area contributed by atoms with Crippen LogP contribution in [0, 0.1) is 11.8 Å². The Hall–Kier alpha value is -1.26. The van der Waals surface area contributed by atoms with E-state index in [1.165, 1.54) is 12.8 Å². The van der Waals surface area contributed by atoms with E-state index in [-0.39, 0.29) is 11.9 Å². The summed E-state index contributed by atoms with van der Waals surface area (Å²) in [6, 6.07) is 5.30. The second-order valence-corrected chi connectivity index (χ2v) is 6.22. The number of amides is 1. The fourth-order valence-corrected chi connectivity index (χ4v) is 3.78. The maximum Gasteiger partial charge on any atom is 0.241 e. The molecule has 0 bridgehead atoms. The van der Waals surface area contributed by atoms with Crippen LogP contribution in [0.4, 0.5) is 5.69 Å². The number of carbonyl (C=O) groups excluding carboxylic acids is 1. The third-order valence-corrected chi connectivity index (χ3v) is 4.82. The Balaban J connectivity index is 1.66. The van der Waals surface area contributed by atoms with Crippen molar-refractivity contribution in [3.63, 3.8) is 0 Å². The second-order valence-electron chi connectivity index (χ2n) is 5.81. The number of nitrogens with one attached hydrogen (secondary N) is 2. The minimum absolute atomic E-state index is 0.0460. The summed E-state index contributed by atoms with van der Waals surface area (Å²) in [6.45, 7) is 3.45. The van der Waals surface area contributed by atoms with Crippen LogP contribution >= 0.6 is 11.6 Å². The van der Waals surface area contributed by atoms with E-state index in [1.807, 2.05) is 13.0 Å². The number of hydrogen-bond donors (Lipinski definition) is 2. The normalized spacial score (nSPS) is 27.4. The Kier molecular flexibility index (Phi) is 4.36. The Morgan fingerprint density at radius 1 is 1.48 bits per heavy atom. The van der Waals surface area contributed by atoms with Crippen molar-refractivity contribution in [2.75, 3.05) is 18.5 Å². The molecule has 1 heterocycles. The van der Waals surface area contributed by atoms with Crippen molar-refractivity contribution in [1.29, 1.82) is 0 Å². The lowest BCUT2D eigenvalue weighted by Crippen LogP contribution is -2.39. The van der Waals surface area contributed by atoms with Crippen molar-refractivity contribution in [3.8, 4) is 5.75 Å². The maximum atomic E-state index is 12.4. The number of rotatable bonds is 4. The van der Waals surface area contributed by atoms with Gasteiger partial charge in [-0.1, -0.05) is 18.0 Å². The van der Waals surface area contributed by atoms with Crippen molar-refractivity contribution < 1.29 is 9.53 Å². The zero-order valence-electron chi connectivity index (χ0n) is 12.2. The summed E-state index contributed by atoms with van der Waals surface area (Å²) >= 11 is 6.15. The molecule has 0 radical (unpaired) electrons. The predicted molar refractivity (Wildman–Crippen MR) is 83.9 cm³/mol. The molecule has 1 aromatic rings. The van der Waals surface area contributed by atoms with E-state index in [4.69, 9.17) is 16.3 Å². The largest absolute Gasteiger partial charge is 0.492 e. The lowest BCUT2D eigenvalue weighted by Gasteiger charge is -2.18. The van der Waals surface area contributed by atoms with Crippen molar-refractivity contribution >= 4 is 23.2 Å². The van der Waals surface area contributed by atoms with Gasteiger partial charge in [0.25, 0.3) is 0 Å².